The molecule has 112 valence electrons. The van der Waals surface area contributed by atoms with Gasteiger partial charge in [-0.25, -0.2) is 4.79 Å². The highest BCUT2D eigenvalue weighted by molar-refractivity contribution is 6.11. The zero-order chi connectivity index (χ0) is 15.9. The molecular formula is C13H11F3N2O3. The van der Waals surface area contributed by atoms with E-state index in [1.54, 1.807) is 36.4 Å². The van der Waals surface area contributed by atoms with Crippen LogP contribution in [-0.2, 0) is 9.57 Å². The van der Waals surface area contributed by atoms with Gasteiger partial charge in [-0.2, -0.15) is 18.4 Å². The smallest absolute Gasteiger partial charge is 0.429 e. The normalized spacial score (nSPS) is 13.2. The van der Waals surface area contributed by atoms with E-state index in [2.05, 4.69) is 14.7 Å². The highest BCUT2D eigenvalue weighted by Crippen LogP contribution is 2.22. The monoisotopic (exact) mass is 300 g/mol. The summed E-state index contributed by atoms with van der Waals surface area (Å²) in [5, 5.41) is 12.1. The van der Waals surface area contributed by atoms with Crippen LogP contribution in [-0.4, -0.2) is 24.1 Å². The molecule has 0 bridgehead atoms. The molecule has 0 fully saturated rings. The van der Waals surface area contributed by atoms with Gasteiger partial charge in [0.05, 0.1) is 6.42 Å². The Morgan fingerprint density at radius 1 is 1.38 bits per heavy atom. The van der Waals surface area contributed by atoms with Crippen LogP contribution >= 0.6 is 0 Å². The molecule has 0 saturated carbocycles. The van der Waals surface area contributed by atoms with E-state index in [4.69, 9.17) is 5.26 Å². The van der Waals surface area contributed by atoms with Crippen molar-refractivity contribution in [2.75, 3.05) is 0 Å². The molecule has 0 spiro atoms. The first-order valence-corrected chi connectivity index (χ1v) is 5.79. The zero-order valence-corrected chi connectivity index (χ0v) is 10.9. The van der Waals surface area contributed by atoms with Crippen LogP contribution in [0.5, 0.6) is 0 Å². The lowest BCUT2D eigenvalue weighted by atomic mass is 10.1. The highest BCUT2D eigenvalue weighted by Gasteiger charge is 2.32. The van der Waals surface area contributed by atoms with E-state index in [-0.39, 0.29) is 5.71 Å². The lowest BCUT2D eigenvalue weighted by Crippen LogP contribution is -2.22. The Kier molecular flexibility index (Phi) is 5.72. The Bertz CT molecular complexity index is 550. The Hall–Kier alpha value is -2.56. The zero-order valence-electron chi connectivity index (χ0n) is 10.9. The van der Waals surface area contributed by atoms with E-state index in [1.165, 1.54) is 0 Å². The van der Waals surface area contributed by atoms with Crippen LogP contribution < -0.4 is 0 Å². The van der Waals surface area contributed by atoms with Crippen LogP contribution in [0.4, 0.5) is 18.0 Å². The van der Waals surface area contributed by atoms with Crippen molar-refractivity contribution in [2.45, 2.75) is 25.6 Å². The molecule has 8 heteroatoms. The summed E-state index contributed by atoms with van der Waals surface area (Å²) >= 11 is 0. The maximum atomic E-state index is 12.0. The average molecular weight is 300 g/mol. The molecule has 0 aliphatic heterocycles. The largest absolute Gasteiger partial charge is 0.535 e. The molecule has 0 aromatic heterocycles. The van der Waals surface area contributed by atoms with Gasteiger partial charge < -0.3 is 4.74 Å². The van der Waals surface area contributed by atoms with Gasteiger partial charge in [-0.05, 0) is 6.92 Å². The Morgan fingerprint density at radius 3 is 2.52 bits per heavy atom. The van der Waals surface area contributed by atoms with Crippen LogP contribution in [0, 0.1) is 11.3 Å². The van der Waals surface area contributed by atoms with E-state index in [1.807, 2.05) is 0 Å². The fourth-order valence-corrected chi connectivity index (χ4v) is 1.37. The van der Waals surface area contributed by atoms with Crippen molar-refractivity contribution in [3.63, 3.8) is 0 Å². The minimum Gasteiger partial charge on any atom is -0.429 e. The number of oxime groups is 1. The number of nitrogens with zero attached hydrogens (tertiary/aromatic N) is 2. The van der Waals surface area contributed by atoms with Gasteiger partial charge in [-0.3, -0.25) is 4.84 Å². The summed E-state index contributed by atoms with van der Waals surface area (Å²) < 4.78 is 40.5. The summed E-state index contributed by atoms with van der Waals surface area (Å²) in [4.78, 5) is 15.4. The number of carbonyl (C=O) groups is 1. The van der Waals surface area contributed by atoms with Crippen LogP contribution in [0.3, 0.4) is 0 Å². The second-order valence-corrected chi connectivity index (χ2v) is 4.01. The third-order valence-electron chi connectivity index (χ3n) is 2.18. The Morgan fingerprint density at radius 2 is 2.00 bits per heavy atom. The number of benzene rings is 1. The van der Waals surface area contributed by atoms with Gasteiger partial charge in [-0.1, -0.05) is 35.5 Å². The first-order valence-electron chi connectivity index (χ1n) is 5.79. The van der Waals surface area contributed by atoms with Crippen molar-refractivity contribution in [3.05, 3.63) is 35.9 Å². The quantitative estimate of drug-likeness (QED) is 0.370. The molecule has 0 aliphatic rings. The number of halogens is 3. The molecule has 1 aromatic rings. The van der Waals surface area contributed by atoms with Gasteiger partial charge in [0.25, 0.3) is 0 Å². The van der Waals surface area contributed by atoms with Crippen LogP contribution in [0.1, 0.15) is 18.9 Å². The molecule has 0 amide bonds. The average Bonchev–Trinajstić information content (AvgIpc) is 2.38. The van der Waals surface area contributed by atoms with Crippen molar-refractivity contribution in [2.24, 2.45) is 5.16 Å². The predicted molar refractivity (Wildman–Crippen MR) is 66.3 cm³/mol. The van der Waals surface area contributed by atoms with Crippen molar-refractivity contribution in [1.29, 1.82) is 5.26 Å². The number of ether oxygens (including phenoxy) is 1. The predicted octanol–water partition coefficient (Wildman–Crippen LogP) is 3.41. The van der Waals surface area contributed by atoms with Gasteiger partial charge in [0, 0.05) is 5.56 Å². The molecule has 1 rings (SSSR count). The molecule has 1 aromatic carbocycles. The van der Waals surface area contributed by atoms with Crippen molar-refractivity contribution >= 4 is 11.9 Å². The molecule has 5 nitrogen and oxygen atoms in total. The SMILES string of the molecule is CC(CC(F)(F)F)OC(=O)ON=C(C#N)c1ccccc1. The third kappa shape index (κ3) is 6.42. The Labute approximate surface area is 118 Å². The molecular weight excluding hydrogens is 289 g/mol. The molecule has 1 unspecified atom stereocenters. The summed E-state index contributed by atoms with van der Waals surface area (Å²) in [6.07, 6.45) is -8.56. The van der Waals surface area contributed by atoms with Gasteiger partial charge in [0.2, 0.25) is 0 Å². The minimum absolute atomic E-state index is 0.198. The maximum Gasteiger partial charge on any atom is 0.535 e. The standard InChI is InChI=1S/C13H11F3N2O3/c1-9(7-13(14,15)16)20-12(19)21-18-11(8-17)10-5-3-2-4-6-10/h2-6,9H,7H2,1H3. The first-order chi connectivity index (χ1) is 9.81. The number of carbonyl (C=O) groups excluding carboxylic acids is 1. The number of hydrogen-bond acceptors (Lipinski definition) is 5. The summed E-state index contributed by atoms with van der Waals surface area (Å²) in [6, 6.07) is 9.82. The molecule has 0 saturated heterocycles. The molecule has 0 N–H and O–H groups in total. The summed E-state index contributed by atoms with van der Waals surface area (Å²) in [6.45, 7) is 1.07. The van der Waals surface area contributed by atoms with Gasteiger partial charge in [0.15, 0.2) is 5.71 Å². The van der Waals surface area contributed by atoms with Crippen LogP contribution in [0.25, 0.3) is 0 Å². The maximum absolute atomic E-state index is 12.0. The fraction of sp³-hybridized carbons (Fsp3) is 0.308. The van der Waals surface area contributed by atoms with Crippen molar-refractivity contribution in [1.82, 2.24) is 0 Å². The number of hydrogen-bond donors (Lipinski definition) is 0. The third-order valence-corrected chi connectivity index (χ3v) is 2.18. The van der Waals surface area contributed by atoms with E-state index < -0.39 is 24.9 Å². The highest BCUT2D eigenvalue weighted by atomic mass is 19.4. The van der Waals surface area contributed by atoms with Crippen molar-refractivity contribution < 1.29 is 27.5 Å². The second-order valence-electron chi connectivity index (χ2n) is 4.01. The van der Waals surface area contributed by atoms with E-state index in [0.717, 1.165) is 6.92 Å². The minimum atomic E-state index is -4.45. The molecule has 0 aliphatic carbocycles. The number of nitriles is 1. The topological polar surface area (TPSA) is 71.7 Å². The number of alkyl halides is 3. The summed E-state index contributed by atoms with van der Waals surface area (Å²) in [5.41, 5.74) is 0.201. The molecule has 21 heavy (non-hydrogen) atoms. The van der Waals surface area contributed by atoms with E-state index in [0.29, 0.717) is 5.56 Å². The van der Waals surface area contributed by atoms with Gasteiger partial charge in [-0.15, -0.1) is 0 Å². The van der Waals surface area contributed by atoms with Crippen LogP contribution in [0.15, 0.2) is 35.5 Å². The van der Waals surface area contributed by atoms with Gasteiger partial charge >= 0.3 is 12.3 Å². The Balaban J connectivity index is 2.59. The lowest BCUT2D eigenvalue weighted by molar-refractivity contribution is -0.153. The molecule has 0 radical (unpaired) electrons. The fourth-order valence-electron chi connectivity index (χ4n) is 1.37. The first kappa shape index (κ1) is 16.5. The summed E-state index contributed by atoms with van der Waals surface area (Å²) in [7, 11) is 0. The number of rotatable bonds is 4. The lowest BCUT2D eigenvalue weighted by Gasteiger charge is -2.13. The van der Waals surface area contributed by atoms with E-state index >= 15 is 0 Å². The van der Waals surface area contributed by atoms with E-state index in [9.17, 15) is 18.0 Å². The molecule has 1 atom stereocenters. The van der Waals surface area contributed by atoms with Gasteiger partial charge in [0.1, 0.15) is 12.2 Å². The van der Waals surface area contributed by atoms with Crippen molar-refractivity contribution in [3.8, 4) is 6.07 Å². The molecule has 0 heterocycles. The second kappa shape index (κ2) is 7.28. The van der Waals surface area contributed by atoms with Crippen LogP contribution in [0.2, 0.25) is 0 Å². The summed E-state index contributed by atoms with van der Waals surface area (Å²) in [5.74, 6) is 0.